The number of benzene rings is 2. The highest BCUT2D eigenvalue weighted by Crippen LogP contribution is 2.32. The van der Waals surface area contributed by atoms with Gasteiger partial charge in [-0.25, -0.2) is 0 Å². The maximum absolute atomic E-state index is 4.58. The Morgan fingerprint density at radius 3 is 2.57 bits per heavy atom. The molecule has 0 amide bonds. The maximum Gasteiger partial charge on any atom is 0.0766 e. The van der Waals surface area contributed by atoms with Crippen LogP contribution in [-0.4, -0.2) is 12.0 Å². The molecule has 1 N–H and O–H groups in total. The highest BCUT2D eigenvalue weighted by atomic mass is 79.9. The van der Waals surface area contributed by atoms with Gasteiger partial charge in [-0.05, 0) is 61.3 Å². The summed E-state index contributed by atoms with van der Waals surface area (Å²) in [6.07, 6.45) is 1.83. The van der Waals surface area contributed by atoms with Gasteiger partial charge in [0, 0.05) is 15.1 Å². The molecule has 3 rings (SSSR count). The van der Waals surface area contributed by atoms with Crippen LogP contribution in [0, 0.1) is 0 Å². The van der Waals surface area contributed by atoms with E-state index in [0.29, 0.717) is 0 Å². The standard InChI is InChI=1S/C17H14Br2N2/c1-20-16(17-15(19)9-12(18)10-21-17)14-8-4-6-11-5-2-3-7-13(11)14/h2-10,16,20H,1H3. The Kier molecular flexibility index (Phi) is 4.38. The maximum atomic E-state index is 4.58. The van der Waals surface area contributed by atoms with E-state index in [1.54, 1.807) is 0 Å². The summed E-state index contributed by atoms with van der Waals surface area (Å²) in [5.74, 6) is 0. The number of rotatable bonds is 3. The SMILES string of the molecule is CNC(c1ncc(Br)cc1Br)c1cccc2ccccc12. The highest BCUT2D eigenvalue weighted by molar-refractivity contribution is 9.11. The third-order valence-electron chi connectivity index (χ3n) is 3.53. The van der Waals surface area contributed by atoms with Gasteiger partial charge in [-0.3, -0.25) is 4.98 Å². The molecule has 3 aromatic rings. The first-order valence-electron chi connectivity index (χ1n) is 6.66. The van der Waals surface area contributed by atoms with Crippen molar-refractivity contribution in [3.05, 3.63) is 74.9 Å². The predicted octanol–water partition coefficient (Wildman–Crippen LogP) is 5.07. The first kappa shape index (κ1) is 14.7. The lowest BCUT2D eigenvalue weighted by atomic mass is 9.96. The van der Waals surface area contributed by atoms with Gasteiger partial charge in [0.2, 0.25) is 0 Å². The zero-order chi connectivity index (χ0) is 14.8. The van der Waals surface area contributed by atoms with Crippen molar-refractivity contribution >= 4 is 42.6 Å². The summed E-state index contributed by atoms with van der Waals surface area (Å²) in [5, 5.41) is 5.86. The summed E-state index contributed by atoms with van der Waals surface area (Å²) in [5.41, 5.74) is 2.21. The van der Waals surface area contributed by atoms with Gasteiger partial charge in [-0.15, -0.1) is 0 Å². The fourth-order valence-electron chi connectivity index (χ4n) is 2.58. The summed E-state index contributed by atoms with van der Waals surface area (Å²) in [4.78, 5) is 4.58. The van der Waals surface area contributed by atoms with Gasteiger partial charge in [0.05, 0.1) is 11.7 Å². The fourth-order valence-corrected chi connectivity index (χ4v) is 3.80. The fraction of sp³-hybridized carbons (Fsp3) is 0.118. The van der Waals surface area contributed by atoms with Gasteiger partial charge in [0.1, 0.15) is 0 Å². The molecule has 1 atom stereocenters. The summed E-state index contributed by atoms with van der Waals surface area (Å²) in [6, 6.07) is 16.9. The second-order valence-corrected chi connectivity index (χ2v) is 6.58. The van der Waals surface area contributed by atoms with Crippen LogP contribution in [0.2, 0.25) is 0 Å². The monoisotopic (exact) mass is 404 g/mol. The van der Waals surface area contributed by atoms with Crippen LogP contribution in [-0.2, 0) is 0 Å². The zero-order valence-electron chi connectivity index (χ0n) is 11.5. The normalized spacial score (nSPS) is 12.5. The van der Waals surface area contributed by atoms with E-state index in [4.69, 9.17) is 0 Å². The van der Waals surface area contributed by atoms with Crippen molar-refractivity contribution in [2.24, 2.45) is 0 Å². The van der Waals surface area contributed by atoms with E-state index in [9.17, 15) is 0 Å². The number of hydrogen-bond donors (Lipinski definition) is 1. The Balaban J connectivity index is 2.18. The van der Waals surface area contributed by atoms with E-state index in [0.717, 1.165) is 14.6 Å². The highest BCUT2D eigenvalue weighted by Gasteiger charge is 2.18. The van der Waals surface area contributed by atoms with E-state index in [1.165, 1.54) is 16.3 Å². The van der Waals surface area contributed by atoms with E-state index in [2.05, 4.69) is 84.6 Å². The minimum absolute atomic E-state index is 0.0403. The van der Waals surface area contributed by atoms with Gasteiger partial charge in [0.25, 0.3) is 0 Å². The number of aromatic nitrogens is 1. The molecule has 21 heavy (non-hydrogen) atoms. The van der Waals surface area contributed by atoms with Crippen molar-refractivity contribution in [1.82, 2.24) is 10.3 Å². The van der Waals surface area contributed by atoms with Crippen molar-refractivity contribution in [1.29, 1.82) is 0 Å². The minimum atomic E-state index is 0.0403. The Hall–Kier alpha value is -1.23. The number of pyridine rings is 1. The van der Waals surface area contributed by atoms with Crippen LogP contribution in [0.25, 0.3) is 10.8 Å². The van der Waals surface area contributed by atoms with Crippen LogP contribution in [0.1, 0.15) is 17.3 Å². The molecular weight excluding hydrogens is 392 g/mol. The first-order valence-corrected chi connectivity index (χ1v) is 8.25. The molecule has 0 bridgehead atoms. The molecule has 2 nitrogen and oxygen atoms in total. The van der Waals surface area contributed by atoms with Crippen LogP contribution < -0.4 is 5.32 Å². The molecule has 0 fully saturated rings. The predicted molar refractivity (Wildman–Crippen MR) is 94.5 cm³/mol. The summed E-state index contributed by atoms with van der Waals surface area (Å²) >= 11 is 7.07. The average Bonchev–Trinajstić information content (AvgIpc) is 2.50. The number of halogens is 2. The molecule has 0 saturated heterocycles. The molecular formula is C17H14Br2N2. The van der Waals surface area contributed by atoms with Crippen molar-refractivity contribution in [3.63, 3.8) is 0 Å². The molecule has 0 spiro atoms. The molecule has 1 heterocycles. The van der Waals surface area contributed by atoms with Gasteiger partial charge < -0.3 is 5.32 Å². The Bertz CT molecular complexity index is 781. The number of fused-ring (bicyclic) bond motifs is 1. The smallest absolute Gasteiger partial charge is 0.0766 e. The first-order chi connectivity index (χ1) is 10.2. The van der Waals surface area contributed by atoms with E-state index >= 15 is 0 Å². The lowest BCUT2D eigenvalue weighted by Gasteiger charge is -2.19. The largest absolute Gasteiger partial charge is 0.308 e. The number of hydrogen-bond acceptors (Lipinski definition) is 2. The third kappa shape index (κ3) is 2.89. The molecule has 1 unspecified atom stereocenters. The second-order valence-electron chi connectivity index (χ2n) is 4.81. The molecule has 1 aromatic heterocycles. The molecule has 4 heteroatoms. The number of nitrogens with one attached hydrogen (secondary N) is 1. The molecule has 0 aliphatic heterocycles. The van der Waals surface area contributed by atoms with Crippen molar-refractivity contribution in [2.75, 3.05) is 7.05 Å². The Morgan fingerprint density at radius 1 is 1.05 bits per heavy atom. The van der Waals surface area contributed by atoms with Crippen molar-refractivity contribution < 1.29 is 0 Å². The third-order valence-corrected chi connectivity index (χ3v) is 4.60. The van der Waals surface area contributed by atoms with Crippen LogP contribution in [0.4, 0.5) is 0 Å². The lowest BCUT2D eigenvalue weighted by molar-refractivity contribution is 0.672. The van der Waals surface area contributed by atoms with E-state index < -0.39 is 0 Å². The van der Waals surface area contributed by atoms with Crippen molar-refractivity contribution in [3.8, 4) is 0 Å². The van der Waals surface area contributed by atoms with Crippen molar-refractivity contribution in [2.45, 2.75) is 6.04 Å². The van der Waals surface area contributed by atoms with E-state index in [1.807, 2.05) is 19.3 Å². The van der Waals surface area contributed by atoms with E-state index in [-0.39, 0.29) is 6.04 Å². The van der Waals surface area contributed by atoms with Crippen LogP contribution >= 0.6 is 31.9 Å². The molecule has 0 aliphatic carbocycles. The summed E-state index contributed by atoms with van der Waals surface area (Å²) in [7, 11) is 1.96. The minimum Gasteiger partial charge on any atom is -0.308 e. The van der Waals surface area contributed by atoms with Gasteiger partial charge >= 0.3 is 0 Å². The molecule has 0 saturated carbocycles. The van der Waals surface area contributed by atoms with Crippen LogP contribution in [0.15, 0.2) is 63.7 Å². The van der Waals surface area contributed by atoms with Gasteiger partial charge in [0.15, 0.2) is 0 Å². The lowest BCUT2D eigenvalue weighted by Crippen LogP contribution is -2.19. The molecule has 106 valence electrons. The van der Waals surface area contributed by atoms with Gasteiger partial charge in [-0.2, -0.15) is 0 Å². The van der Waals surface area contributed by atoms with Crippen LogP contribution in [0.3, 0.4) is 0 Å². The summed E-state index contributed by atoms with van der Waals surface area (Å²) < 4.78 is 1.95. The topological polar surface area (TPSA) is 24.9 Å². The Morgan fingerprint density at radius 2 is 1.81 bits per heavy atom. The quantitative estimate of drug-likeness (QED) is 0.657. The number of nitrogens with zero attached hydrogens (tertiary/aromatic N) is 1. The van der Waals surface area contributed by atoms with Crippen LogP contribution in [0.5, 0.6) is 0 Å². The Labute approximate surface area is 140 Å². The second kappa shape index (κ2) is 6.26. The average molecular weight is 406 g/mol. The molecule has 0 radical (unpaired) electrons. The zero-order valence-corrected chi connectivity index (χ0v) is 14.6. The van der Waals surface area contributed by atoms with Gasteiger partial charge in [-0.1, -0.05) is 42.5 Å². The summed E-state index contributed by atoms with van der Waals surface area (Å²) in [6.45, 7) is 0. The molecule has 2 aromatic carbocycles. The molecule has 0 aliphatic rings.